The van der Waals surface area contributed by atoms with Crippen molar-refractivity contribution in [3.05, 3.63) is 52.9 Å². The zero-order chi connectivity index (χ0) is 22.3. The molecule has 1 fully saturated rings. The number of carbonyl (C=O) groups excluding carboxylic acids is 1. The lowest BCUT2D eigenvalue weighted by Gasteiger charge is -2.25. The number of fused-ring (bicyclic) bond motifs is 4. The van der Waals surface area contributed by atoms with E-state index < -0.39 is 5.54 Å². The van der Waals surface area contributed by atoms with E-state index in [1.165, 1.54) is 54.3 Å². The summed E-state index contributed by atoms with van der Waals surface area (Å²) < 4.78 is 8.57. The van der Waals surface area contributed by atoms with Crippen LogP contribution in [0.4, 0.5) is 0 Å². The molecule has 32 heavy (non-hydrogen) atoms. The van der Waals surface area contributed by atoms with Crippen LogP contribution in [0.3, 0.4) is 0 Å². The van der Waals surface area contributed by atoms with Gasteiger partial charge >= 0.3 is 0 Å². The zero-order valence-electron chi connectivity index (χ0n) is 19.2. The Labute approximate surface area is 190 Å². The van der Waals surface area contributed by atoms with Crippen molar-refractivity contribution in [2.45, 2.75) is 76.8 Å². The first-order valence-electron chi connectivity index (χ1n) is 12.1. The van der Waals surface area contributed by atoms with Gasteiger partial charge < -0.3 is 19.7 Å². The summed E-state index contributed by atoms with van der Waals surface area (Å²) >= 11 is 0. The average Bonchev–Trinajstić information content (AvgIpc) is 3.00. The molecule has 3 aliphatic rings. The van der Waals surface area contributed by atoms with Crippen molar-refractivity contribution in [1.82, 2.24) is 9.88 Å². The molecule has 1 saturated carbocycles. The number of hydrogen-bond donors (Lipinski definition) is 2. The van der Waals surface area contributed by atoms with Gasteiger partial charge in [-0.25, -0.2) is 0 Å². The SMILES string of the molecule is CC(C)(CO)NC(=O)c1ccc2c(C3CCCCC3)c3n(c2c1)CCOC1=C3CCC=C1. The summed E-state index contributed by atoms with van der Waals surface area (Å²) in [6.07, 6.45) is 12.8. The molecule has 2 heterocycles. The summed E-state index contributed by atoms with van der Waals surface area (Å²) in [6, 6.07) is 6.14. The van der Waals surface area contributed by atoms with Crippen LogP contribution in [0, 0.1) is 0 Å². The smallest absolute Gasteiger partial charge is 0.251 e. The molecule has 0 atom stereocenters. The number of hydrogen-bond acceptors (Lipinski definition) is 3. The van der Waals surface area contributed by atoms with Gasteiger partial charge in [-0.15, -0.1) is 0 Å². The molecular formula is C27H34N2O3. The van der Waals surface area contributed by atoms with E-state index in [0.29, 0.717) is 18.1 Å². The summed E-state index contributed by atoms with van der Waals surface area (Å²) in [6.45, 7) is 4.98. The molecule has 5 rings (SSSR count). The fourth-order valence-electron chi connectivity index (χ4n) is 5.56. The lowest BCUT2D eigenvalue weighted by atomic mass is 9.81. The monoisotopic (exact) mass is 434 g/mol. The van der Waals surface area contributed by atoms with Gasteiger partial charge in [0.1, 0.15) is 12.4 Å². The van der Waals surface area contributed by atoms with Crippen LogP contribution in [0.15, 0.2) is 36.1 Å². The molecule has 1 aromatic heterocycles. The Morgan fingerprint density at radius 1 is 1.25 bits per heavy atom. The number of ether oxygens (including phenoxy) is 1. The lowest BCUT2D eigenvalue weighted by Crippen LogP contribution is -2.46. The number of amides is 1. The van der Waals surface area contributed by atoms with Crippen LogP contribution < -0.4 is 5.32 Å². The van der Waals surface area contributed by atoms with Gasteiger partial charge in [-0.05, 0) is 69.2 Å². The number of aromatic nitrogens is 1. The molecule has 1 aliphatic heterocycles. The molecule has 5 nitrogen and oxygen atoms in total. The molecule has 1 amide bonds. The molecule has 2 aromatic rings. The molecule has 170 valence electrons. The maximum atomic E-state index is 13.0. The van der Waals surface area contributed by atoms with Gasteiger partial charge in [0.2, 0.25) is 0 Å². The average molecular weight is 435 g/mol. The van der Waals surface area contributed by atoms with E-state index in [2.05, 4.69) is 28.1 Å². The second kappa shape index (κ2) is 8.43. The van der Waals surface area contributed by atoms with Crippen molar-refractivity contribution < 1.29 is 14.6 Å². The summed E-state index contributed by atoms with van der Waals surface area (Å²) in [5, 5.41) is 13.8. The fourth-order valence-corrected chi connectivity index (χ4v) is 5.56. The minimum absolute atomic E-state index is 0.102. The highest BCUT2D eigenvalue weighted by Gasteiger charge is 2.31. The van der Waals surface area contributed by atoms with E-state index in [9.17, 15) is 9.90 Å². The van der Waals surface area contributed by atoms with E-state index in [0.717, 1.165) is 30.7 Å². The highest BCUT2D eigenvalue weighted by molar-refractivity contribution is 6.00. The molecule has 2 N–H and O–H groups in total. The number of aliphatic hydroxyl groups is 1. The maximum absolute atomic E-state index is 13.0. The van der Waals surface area contributed by atoms with Gasteiger partial charge in [-0.3, -0.25) is 4.79 Å². The normalized spacial score (nSPS) is 19.3. The summed E-state index contributed by atoms with van der Waals surface area (Å²) in [7, 11) is 0. The van der Waals surface area contributed by atoms with Crippen molar-refractivity contribution in [2.24, 2.45) is 0 Å². The standard InChI is InChI=1S/C27H34N2O3/c1-27(2,17-30)28-26(31)19-12-13-20-22(16-19)29-14-15-32-23-11-7-6-10-21(23)25(29)24(20)18-8-4-3-5-9-18/h7,11-13,16,18,30H,3-6,8-10,14-15,17H2,1-2H3,(H,28,31). The van der Waals surface area contributed by atoms with Crippen LogP contribution in [-0.4, -0.2) is 34.3 Å². The second-order valence-electron chi connectivity index (χ2n) is 10.1. The Hall–Kier alpha value is -2.53. The van der Waals surface area contributed by atoms with E-state index in [1.54, 1.807) is 0 Å². The van der Waals surface area contributed by atoms with Crippen LogP contribution >= 0.6 is 0 Å². The molecule has 0 radical (unpaired) electrons. The van der Waals surface area contributed by atoms with Crippen LogP contribution in [0.25, 0.3) is 16.5 Å². The van der Waals surface area contributed by atoms with Crippen molar-refractivity contribution in [3.63, 3.8) is 0 Å². The summed E-state index contributed by atoms with van der Waals surface area (Å²) in [5.41, 5.74) is 5.25. The van der Waals surface area contributed by atoms with Crippen LogP contribution in [0.5, 0.6) is 0 Å². The quantitative estimate of drug-likeness (QED) is 0.688. The number of allylic oxidation sites excluding steroid dienone is 3. The fraction of sp³-hybridized carbons (Fsp3) is 0.519. The molecule has 0 saturated heterocycles. The highest BCUT2D eigenvalue weighted by atomic mass is 16.5. The molecular weight excluding hydrogens is 400 g/mol. The van der Waals surface area contributed by atoms with Gasteiger partial charge in [-0.2, -0.15) is 0 Å². The lowest BCUT2D eigenvalue weighted by molar-refractivity contribution is 0.0869. The predicted molar refractivity (Wildman–Crippen MR) is 128 cm³/mol. The predicted octanol–water partition coefficient (Wildman–Crippen LogP) is 5.28. The minimum atomic E-state index is -0.655. The third-order valence-corrected chi connectivity index (χ3v) is 7.21. The number of nitrogens with zero attached hydrogens (tertiary/aromatic N) is 1. The van der Waals surface area contributed by atoms with Gasteiger partial charge in [0, 0.05) is 22.0 Å². The summed E-state index contributed by atoms with van der Waals surface area (Å²) in [4.78, 5) is 13.0. The Bertz CT molecular complexity index is 1100. The van der Waals surface area contributed by atoms with Crippen molar-refractivity contribution in [2.75, 3.05) is 13.2 Å². The van der Waals surface area contributed by atoms with E-state index in [-0.39, 0.29) is 12.5 Å². The zero-order valence-corrected chi connectivity index (χ0v) is 19.2. The Balaban J connectivity index is 1.68. The largest absolute Gasteiger partial charge is 0.491 e. The van der Waals surface area contributed by atoms with Crippen molar-refractivity contribution in [1.29, 1.82) is 0 Å². The molecule has 5 heteroatoms. The molecule has 1 aromatic carbocycles. The van der Waals surface area contributed by atoms with E-state index >= 15 is 0 Å². The Morgan fingerprint density at radius 2 is 2.06 bits per heavy atom. The Morgan fingerprint density at radius 3 is 2.84 bits per heavy atom. The van der Waals surface area contributed by atoms with Gasteiger partial charge in [-0.1, -0.05) is 31.4 Å². The number of aliphatic hydroxyl groups excluding tert-OH is 1. The molecule has 0 unspecified atom stereocenters. The molecule has 0 bridgehead atoms. The molecule has 2 aliphatic carbocycles. The number of rotatable bonds is 4. The first kappa shape index (κ1) is 21.3. The van der Waals surface area contributed by atoms with Crippen LogP contribution in [0.2, 0.25) is 0 Å². The van der Waals surface area contributed by atoms with Crippen LogP contribution in [0.1, 0.15) is 86.3 Å². The first-order chi connectivity index (χ1) is 15.5. The van der Waals surface area contributed by atoms with Gasteiger partial charge in [0.25, 0.3) is 5.91 Å². The third kappa shape index (κ3) is 3.77. The topological polar surface area (TPSA) is 63.5 Å². The van der Waals surface area contributed by atoms with Crippen molar-refractivity contribution >= 4 is 22.4 Å². The number of carbonyl (C=O) groups is 1. The first-order valence-corrected chi connectivity index (χ1v) is 12.1. The number of nitrogens with one attached hydrogen (secondary N) is 1. The summed E-state index contributed by atoms with van der Waals surface area (Å²) in [5.74, 6) is 1.44. The maximum Gasteiger partial charge on any atom is 0.251 e. The highest BCUT2D eigenvalue weighted by Crippen LogP contribution is 2.45. The number of benzene rings is 1. The second-order valence-corrected chi connectivity index (χ2v) is 10.1. The Kier molecular flexibility index (Phi) is 5.62. The minimum Gasteiger partial charge on any atom is -0.491 e. The van der Waals surface area contributed by atoms with Gasteiger partial charge in [0.05, 0.1) is 24.4 Å². The van der Waals surface area contributed by atoms with Crippen molar-refractivity contribution in [3.8, 4) is 0 Å². The molecule has 0 spiro atoms. The van der Waals surface area contributed by atoms with Crippen LogP contribution in [-0.2, 0) is 11.3 Å². The van der Waals surface area contributed by atoms with E-state index in [4.69, 9.17) is 4.74 Å². The van der Waals surface area contributed by atoms with E-state index in [1.807, 2.05) is 26.0 Å². The third-order valence-electron chi connectivity index (χ3n) is 7.21. The van der Waals surface area contributed by atoms with Gasteiger partial charge in [0.15, 0.2) is 0 Å².